The van der Waals surface area contributed by atoms with Crippen molar-refractivity contribution in [1.82, 2.24) is 4.57 Å². The van der Waals surface area contributed by atoms with E-state index in [0.29, 0.717) is 0 Å². The monoisotopic (exact) mass is 253 g/mol. The highest BCUT2D eigenvalue weighted by Crippen LogP contribution is 2.26. The van der Waals surface area contributed by atoms with Gasteiger partial charge in [-0.1, -0.05) is 6.07 Å². The third-order valence-electron chi connectivity index (χ3n) is 2.62. The maximum atomic E-state index is 10.7. The van der Waals surface area contributed by atoms with Crippen LogP contribution in [0, 0.1) is 0 Å². The van der Waals surface area contributed by atoms with Crippen LogP contribution in [0.5, 0.6) is 5.75 Å². The molecule has 1 atom stereocenters. The Labute approximate surface area is 103 Å². The van der Waals surface area contributed by atoms with Gasteiger partial charge in [0, 0.05) is 18.1 Å². The van der Waals surface area contributed by atoms with Crippen LogP contribution in [-0.4, -0.2) is 28.1 Å². The van der Waals surface area contributed by atoms with E-state index in [-0.39, 0.29) is 6.54 Å². The number of hydrogen-bond donors (Lipinski definition) is 1. The number of carbonyl (C=O) groups is 1. The van der Waals surface area contributed by atoms with Crippen LogP contribution in [0.3, 0.4) is 0 Å². The molecule has 2 rings (SSSR count). The Bertz CT molecular complexity index is 550. The van der Waals surface area contributed by atoms with Gasteiger partial charge < -0.3 is 14.4 Å². The first-order chi connectivity index (χ1) is 8.13. The summed E-state index contributed by atoms with van der Waals surface area (Å²) in [6, 6.07) is 7.52. The molecule has 90 valence electrons. The van der Waals surface area contributed by atoms with Crippen molar-refractivity contribution in [2.75, 3.05) is 7.11 Å². The highest BCUT2D eigenvalue weighted by Gasteiger charge is 2.15. The predicted octanol–water partition coefficient (Wildman–Crippen LogP) is 2.34. The summed E-state index contributed by atoms with van der Waals surface area (Å²) in [4.78, 5) is 10.7. The lowest BCUT2D eigenvalue weighted by Crippen LogP contribution is -2.19. The average molecular weight is 254 g/mol. The Balaban J connectivity index is 2.40. The predicted molar refractivity (Wildman–Crippen MR) is 65.8 cm³/mol. The molecule has 0 fully saturated rings. The Morgan fingerprint density at radius 1 is 1.53 bits per heavy atom. The number of benzene rings is 1. The number of alkyl halides is 1. The van der Waals surface area contributed by atoms with Gasteiger partial charge in [0.25, 0.3) is 0 Å². The van der Waals surface area contributed by atoms with Gasteiger partial charge in [0.1, 0.15) is 11.1 Å². The van der Waals surface area contributed by atoms with E-state index in [9.17, 15) is 4.79 Å². The molecule has 1 unspecified atom stereocenters. The number of carboxylic acids is 1. The second kappa shape index (κ2) is 4.67. The standard InChI is InChI=1S/C12H12ClNO3/c1-17-11-4-2-3-10-8(11)5-6-14(10)7-9(13)12(15)16/h2-6,9H,7H2,1H3,(H,15,16). The van der Waals surface area contributed by atoms with Crippen molar-refractivity contribution in [1.29, 1.82) is 0 Å². The minimum Gasteiger partial charge on any atom is -0.496 e. The van der Waals surface area contributed by atoms with E-state index in [2.05, 4.69) is 0 Å². The van der Waals surface area contributed by atoms with Crippen LogP contribution in [0.25, 0.3) is 10.9 Å². The molecule has 0 spiro atoms. The van der Waals surface area contributed by atoms with Crippen LogP contribution < -0.4 is 4.74 Å². The molecule has 0 radical (unpaired) electrons. The van der Waals surface area contributed by atoms with Crippen LogP contribution in [0.4, 0.5) is 0 Å². The Hall–Kier alpha value is -1.68. The van der Waals surface area contributed by atoms with Crippen molar-refractivity contribution in [2.45, 2.75) is 11.9 Å². The van der Waals surface area contributed by atoms with E-state index in [0.717, 1.165) is 16.7 Å². The second-order valence-corrected chi connectivity index (χ2v) is 4.19. The molecule has 2 aromatic rings. The fraction of sp³-hybridized carbons (Fsp3) is 0.250. The lowest BCUT2D eigenvalue weighted by Gasteiger charge is -2.08. The molecular formula is C12H12ClNO3. The maximum absolute atomic E-state index is 10.7. The zero-order chi connectivity index (χ0) is 12.4. The van der Waals surface area contributed by atoms with E-state index >= 15 is 0 Å². The Morgan fingerprint density at radius 3 is 2.94 bits per heavy atom. The molecule has 4 nitrogen and oxygen atoms in total. The van der Waals surface area contributed by atoms with Gasteiger partial charge in [-0.25, -0.2) is 0 Å². The molecule has 1 aromatic heterocycles. The molecule has 0 bridgehead atoms. The van der Waals surface area contributed by atoms with Crippen LogP contribution in [0.15, 0.2) is 30.5 Å². The molecule has 0 aliphatic rings. The van der Waals surface area contributed by atoms with Crippen molar-refractivity contribution < 1.29 is 14.6 Å². The molecule has 0 aliphatic heterocycles. The highest BCUT2D eigenvalue weighted by molar-refractivity contribution is 6.29. The summed E-state index contributed by atoms with van der Waals surface area (Å²) in [5.74, 6) is -0.251. The van der Waals surface area contributed by atoms with Gasteiger partial charge in [0.05, 0.1) is 12.6 Å². The van der Waals surface area contributed by atoms with Crippen LogP contribution in [0.1, 0.15) is 0 Å². The van der Waals surface area contributed by atoms with Gasteiger partial charge >= 0.3 is 5.97 Å². The quantitative estimate of drug-likeness (QED) is 0.851. The number of carboxylic acid groups (broad SMARTS) is 1. The molecule has 1 aromatic carbocycles. The van der Waals surface area contributed by atoms with E-state index in [4.69, 9.17) is 21.4 Å². The number of methoxy groups -OCH3 is 1. The molecule has 17 heavy (non-hydrogen) atoms. The number of hydrogen-bond acceptors (Lipinski definition) is 2. The smallest absolute Gasteiger partial charge is 0.323 e. The normalized spacial score (nSPS) is 12.6. The maximum Gasteiger partial charge on any atom is 0.323 e. The van der Waals surface area contributed by atoms with Gasteiger partial charge in [-0.3, -0.25) is 4.79 Å². The zero-order valence-corrected chi connectivity index (χ0v) is 10.0. The van der Waals surface area contributed by atoms with Crippen molar-refractivity contribution >= 4 is 28.5 Å². The molecule has 1 N–H and O–H groups in total. The lowest BCUT2D eigenvalue weighted by molar-refractivity contribution is -0.136. The summed E-state index contributed by atoms with van der Waals surface area (Å²) in [6.07, 6.45) is 1.81. The lowest BCUT2D eigenvalue weighted by atomic mass is 10.2. The molecule has 0 aliphatic carbocycles. The number of fused-ring (bicyclic) bond motifs is 1. The zero-order valence-electron chi connectivity index (χ0n) is 9.26. The third kappa shape index (κ3) is 2.22. The van der Waals surface area contributed by atoms with Crippen LogP contribution in [-0.2, 0) is 11.3 Å². The van der Waals surface area contributed by atoms with Gasteiger partial charge in [-0.05, 0) is 18.2 Å². The van der Waals surface area contributed by atoms with Gasteiger partial charge in [-0.2, -0.15) is 0 Å². The summed E-state index contributed by atoms with van der Waals surface area (Å²) < 4.78 is 7.04. The second-order valence-electron chi connectivity index (χ2n) is 3.67. The topological polar surface area (TPSA) is 51.5 Å². The minimum absolute atomic E-state index is 0.230. The highest BCUT2D eigenvalue weighted by atomic mass is 35.5. The van der Waals surface area contributed by atoms with Gasteiger partial charge in [0.15, 0.2) is 0 Å². The van der Waals surface area contributed by atoms with Crippen molar-refractivity contribution in [2.24, 2.45) is 0 Å². The number of aliphatic carboxylic acids is 1. The average Bonchev–Trinajstić information content (AvgIpc) is 2.72. The molecular weight excluding hydrogens is 242 g/mol. The first-order valence-electron chi connectivity index (χ1n) is 5.12. The summed E-state index contributed by atoms with van der Waals surface area (Å²) in [6.45, 7) is 0.230. The largest absolute Gasteiger partial charge is 0.496 e. The van der Waals surface area contributed by atoms with E-state index < -0.39 is 11.3 Å². The summed E-state index contributed by atoms with van der Waals surface area (Å²) in [7, 11) is 1.60. The summed E-state index contributed by atoms with van der Waals surface area (Å²) in [5, 5.41) is 8.80. The van der Waals surface area contributed by atoms with Crippen molar-refractivity contribution in [3.8, 4) is 5.75 Å². The molecule has 5 heteroatoms. The Morgan fingerprint density at radius 2 is 2.29 bits per heavy atom. The van der Waals surface area contributed by atoms with E-state index in [1.807, 2.05) is 35.0 Å². The molecule has 0 saturated carbocycles. The SMILES string of the molecule is COc1cccc2c1ccn2CC(Cl)C(=O)O. The Kier molecular flexibility index (Phi) is 3.24. The molecule has 0 saturated heterocycles. The fourth-order valence-corrected chi connectivity index (χ4v) is 1.93. The number of aromatic nitrogens is 1. The van der Waals surface area contributed by atoms with Crippen LogP contribution in [0.2, 0.25) is 0 Å². The van der Waals surface area contributed by atoms with E-state index in [1.54, 1.807) is 7.11 Å². The fourth-order valence-electron chi connectivity index (χ4n) is 1.78. The first kappa shape index (κ1) is 11.8. The van der Waals surface area contributed by atoms with E-state index in [1.165, 1.54) is 0 Å². The minimum atomic E-state index is -1.02. The van der Waals surface area contributed by atoms with Crippen molar-refractivity contribution in [3.05, 3.63) is 30.5 Å². The van der Waals surface area contributed by atoms with Crippen LogP contribution >= 0.6 is 11.6 Å². The molecule has 1 heterocycles. The summed E-state index contributed by atoms with van der Waals surface area (Å²) in [5.41, 5.74) is 0.913. The number of halogens is 1. The number of rotatable bonds is 4. The first-order valence-corrected chi connectivity index (χ1v) is 5.56. The molecule has 0 amide bonds. The summed E-state index contributed by atoms with van der Waals surface area (Å²) >= 11 is 5.73. The third-order valence-corrected chi connectivity index (χ3v) is 2.94. The number of nitrogens with zero attached hydrogens (tertiary/aromatic N) is 1. The number of ether oxygens (including phenoxy) is 1. The van der Waals surface area contributed by atoms with Crippen molar-refractivity contribution in [3.63, 3.8) is 0 Å². The van der Waals surface area contributed by atoms with Gasteiger partial charge in [-0.15, -0.1) is 11.6 Å². The van der Waals surface area contributed by atoms with Gasteiger partial charge in [0.2, 0.25) is 0 Å².